The van der Waals surface area contributed by atoms with Crippen LogP contribution in [-0.4, -0.2) is 24.7 Å². The number of nitrogens with zero attached hydrogens (tertiary/aromatic N) is 1. The molecule has 5 nitrogen and oxygen atoms in total. The van der Waals surface area contributed by atoms with Gasteiger partial charge in [0.05, 0.1) is 28.0 Å². The van der Waals surface area contributed by atoms with Crippen molar-refractivity contribution in [1.29, 1.82) is 0 Å². The predicted molar refractivity (Wildman–Crippen MR) is 84.9 cm³/mol. The maximum Gasteiger partial charge on any atom is 0.158 e. The van der Waals surface area contributed by atoms with E-state index in [0.29, 0.717) is 28.1 Å². The van der Waals surface area contributed by atoms with Gasteiger partial charge in [-0.1, -0.05) is 30.1 Å². The Hall–Kier alpha value is -1.01. The van der Waals surface area contributed by atoms with E-state index in [0.717, 1.165) is 12.7 Å². The third-order valence-electron chi connectivity index (χ3n) is 3.04. The van der Waals surface area contributed by atoms with Crippen LogP contribution in [0.15, 0.2) is 12.1 Å². The topological polar surface area (TPSA) is 53.6 Å². The van der Waals surface area contributed by atoms with Crippen LogP contribution in [0.2, 0.25) is 10.0 Å². The summed E-state index contributed by atoms with van der Waals surface area (Å²) < 4.78 is 5.61. The van der Waals surface area contributed by atoms with E-state index < -0.39 is 11.8 Å². The Morgan fingerprint density at radius 1 is 1.38 bits per heavy atom. The van der Waals surface area contributed by atoms with E-state index in [9.17, 15) is 4.79 Å². The lowest BCUT2D eigenvalue weighted by Gasteiger charge is -2.25. The molecule has 0 bridgehead atoms. The van der Waals surface area contributed by atoms with Gasteiger partial charge < -0.3 is 4.74 Å². The van der Waals surface area contributed by atoms with Crippen molar-refractivity contribution in [2.75, 3.05) is 11.6 Å². The SMILES string of the molecule is CCCOc1cc(N2NC(C)(C)NC2C=O)c(Cl)cc1Cl. The van der Waals surface area contributed by atoms with Gasteiger partial charge in [-0.05, 0) is 26.3 Å². The van der Waals surface area contributed by atoms with Crippen molar-refractivity contribution >= 4 is 35.2 Å². The summed E-state index contributed by atoms with van der Waals surface area (Å²) in [5.41, 5.74) is 3.42. The van der Waals surface area contributed by atoms with Crippen LogP contribution >= 0.6 is 23.2 Å². The molecule has 1 heterocycles. The molecule has 21 heavy (non-hydrogen) atoms. The van der Waals surface area contributed by atoms with Gasteiger partial charge in [0, 0.05) is 6.07 Å². The first-order valence-corrected chi connectivity index (χ1v) is 7.55. The van der Waals surface area contributed by atoms with Crippen LogP contribution < -0.4 is 20.5 Å². The van der Waals surface area contributed by atoms with E-state index in [1.54, 1.807) is 17.1 Å². The fraction of sp³-hybridized carbons (Fsp3) is 0.500. The number of aldehydes is 1. The molecule has 1 aliphatic rings. The monoisotopic (exact) mass is 331 g/mol. The number of anilines is 1. The van der Waals surface area contributed by atoms with Gasteiger partial charge in [-0.25, -0.2) is 5.43 Å². The highest BCUT2D eigenvalue weighted by Crippen LogP contribution is 2.37. The normalized spacial score (nSPS) is 20.6. The van der Waals surface area contributed by atoms with Gasteiger partial charge in [0.25, 0.3) is 0 Å². The Morgan fingerprint density at radius 2 is 2.10 bits per heavy atom. The van der Waals surface area contributed by atoms with Crippen molar-refractivity contribution in [1.82, 2.24) is 10.7 Å². The van der Waals surface area contributed by atoms with Gasteiger partial charge in [-0.15, -0.1) is 0 Å². The largest absolute Gasteiger partial charge is 0.492 e. The Balaban J connectivity index is 2.36. The van der Waals surface area contributed by atoms with E-state index in [2.05, 4.69) is 10.7 Å². The predicted octanol–water partition coefficient (Wildman–Crippen LogP) is 2.96. The molecule has 1 aliphatic heterocycles. The zero-order chi connectivity index (χ0) is 15.6. The molecule has 1 aromatic carbocycles. The lowest BCUT2D eigenvalue weighted by molar-refractivity contribution is -0.109. The van der Waals surface area contributed by atoms with Crippen molar-refractivity contribution in [2.24, 2.45) is 0 Å². The Kier molecular flexibility index (Phi) is 4.99. The smallest absolute Gasteiger partial charge is 0.158 e. The first kappa shape index (κ1) is 16.4. The molecule has 0 saturated carbocycles. The number of benzene rings is 1. The van der Waals surface area contributed by atoms with Crippen LogP contribution in [-0.2, 0) is 4.79 Å². The first-order chi connectivity index (χ1) is 9.88. The molecule has 1 saturated heterocycles. The maximum absolute atomic E-state index is 11.3. The number of nitrogens with one attached hydrogen (secondary N) is 2. The molecule has 1 aromatic rings. The fourth-order valence-electron chi connectivity index (χ4n) is 2.17. The average molecular weight is 332 g/mol. The van der Waals surface area contributed by atoms with Gasteiger partial charge >= 0.3 is 0 Å². The van der Waals surface area contributed by atoms with Gasteiger partial charge in [-0.3, -0.25) is 15.1 Å². The van der Waals surface area contributed by atoms with Crippen molar-refractivity contribution in [3.8, 4) is 5.75 Å². The quantitative estimate of drug-likeness (QED) is 0.812. The molecule has 0 aromatic heterocycles. The number of rotatable bonds is 5. The fourth-order valence-corrected chi connectivity index (χ4v) is 2.70. The summed E-state index contributed by atoms with van der Waals surface area (Å²) in [4.78, 5) is 11.3. The lowest BCUT2D eigenvalue weighted by atomic mass is 10.2. The van der Waals surface area contributed by atoms with Crippen molar-refractivity contribution in [3.05, 3.63) is 22.2 Å². The standard InChI is InChI=1S/C14H19Cl2N3O2/c1-4-5-21-12-7-11(9(15)6-10(12)16)19-13(8-20)17-14(2,3)18-19/h6-8,13,17-18H,4-5H2,1-3H3. The minimum absolute atomic E-state index is 0.418. The van der Waals surface area contributed by atoms with Crippen LogP contribution in [0.1, 0.15) is 27.2 Å². The minimum atomic E-state index is -0.516. The Bertz CT molecular complexity index is 537. The lowest BCUT2D eigenvalue weighted by Crippen LogP contribution is -2.45. The zero-order valence-electron chi connectivity index (χ0n) is 12.2. The molecule has 1 atom stereocenters. The van der Waals surface area contributed by atoms with E-state index in [4.69, 9.17) is 27.9 Å². The minimum Gasteiger partial charge on any atom is -0.492 e. The maximum atomic E-state index is 11.3. The highest BCUT2D eigenvalue weighted by atomic mass is 35.5. The van der Waals surface area contributed by atoms with Crippen LogP contribution in [0.25, 0.3) is 0 Å². The molecule has 1 fully saturated rings. The van der Waals surface area contributed by atoms with E-state index >= 15 is 0 Å². The van der Waals surface area contributed by atoms with Crippen LogP contribution in [0.4, 0.5) is 5.69 Å². The van der Waals surface area contributed by atoms with E-state index in [1.165, 1.54) is 0 Å². The number of hydrogen-bond acceptors (Lipinski definition) is 5. The second-order valence-electron chi connectivity index (χ2n) is 5.41. The van der Waals surface area contributed by atoms with Crippen molar-refractivity contribution < 1.29 is 9.53 Å². The number of halogens is 2. The molecular weight excluding hydrogens is 313 g/mol. The molecule has 2 N–H and O–H groups in total. The summed E-state index contributed by atoms with van der Waals surface area (Å²) >= 11 is 12.4. The second kappa shape index (κ2) is 6.40. The molecule has 0 spiro atoms. The highest BCUT2D eigenvalue weighted by molar-refractivity contribution is 6.37. The summed E-state index contributed by atoms with van der Waals surface area (Å²) in [5, 5.41) is 5.73. The van der Waals surface area contributed by atoms with Crippen LogP contribution in [0.3, 0.4) is 0 Å². The molecule has 0 amide bonds. The van der Waals surface area contributed by atoms with Crippen LogP contribution in [0.5, 0.6) is 5.75 Å². The summed E-state index contributed by atoms with van der Waals surface area (Å²) in [5.74, 6) is 0.550. The van der Waals surface area contributed by atoms with Crippen molar-refractivity contribution in [3.63, 3.8) is 0 Å². The number of hydrogen-bond donors (Lipinski definition) is 2. The first-order valence-electron chi connectivity index (χ1n) is 6.80. The second-order valence-corrected chi connectivity index (χ2v) is 6.23. The summed E-state index contributed by atoms with van der Waals surface area (Å²) in [6.45, 7) is 6.44. The molecule has 2 rings (SSSR count). The average Bonchev–Trinajstić information content (AvgIpc) is 2.73. The molecular formula is C14H19Cl2N3O2. The molecule has 0 radical (unpaired) electrons. The van der Waals surface area contributed by atoms with E-state index in [-0.39, 0.29) is 0 Å². The van der Waals surface area contributed by atoms with Gasteiger partial charge in [0.1, 0.15) is 5.75 Å². The third kappa shape index (κ3) is 3.61. The third-order valence-corrected chi connectivity index (χ3v) is 3.64. The summed E-state index contributed by atoms with van der Waals surface area (Å²) in [7, 11) is 0. The zero-order valence-corrected chi connectivity index (χ0v) is 13.8. The highest BCUT2D eigenvalue weighted by Gasteiger charge is 2.37. The van der Waals surface area contributed by atoms with E-state index in [1.807, 2.05) is 20.8 Å². The Labute approximate surface area is 134 Å². The van der Waals surface area contributed by atoms with Crippen molar-refractivity contribution in [2.45, 2.75) is 39.0 Å². The Morgan fingerprint density at radius 3 is 2.71 bits per heavy atom. The molecule has 1 unspecified atom stereocenters. The number of carbonyl (C=O) groups excluding carboxylic acids is 1. The number of hydrazine groups is 1. The van der Waals surface area contributed by atoms with Gasteiger partial charge in [-0.2, -0.15) is 0 Å². The number of carbonyl (C=O) groups is 1. The molecule has 116 valence electrons. The summed E-state index contributed by atoms with van der Waals surface area (Å²) in [6.07, 6.45) is 1.18. The summed E-state index contributed by atoms with van der Waals surface area (Å²) in [6, 6.07) is 3.37. The molecule has 7 heteroatoms. The van der Waals surface area contributed by atoms with Gasteiger partial charge in [0.15, 0.2) is 12.5 Å². The van der Waals surface area contributed by atoms with Crippen LogP contribution in [0, 0.1) is 0 Å². The number of ether oxygens (including phenoxy) is 1. The molecule has 0 aliphatic carbocycles. The van der Waals surface area contributed by atoms with Gasteiger partial charge in [0.2, 0.25) is 0 Å².